The van der Waals surface area contributed by atoms with Gasteiger partial charge in [-0.15, -0.1) is 0 Å². The third-order valence-corrected chi connectivity index (χ3v) is 9.52. The molecule has 0 aliphatic carbocycles. The molecule has 0 fully saturated rings. The summed E-state index contributed by atoms with van der Waals surface area (Å²) in [6.45, 7) is 0. The summed E-state index contributed by atoms with van der Waals surface area (Å²) in [5.41, 5.74) is 25.3. The van der Waals surface area contributed by atoms with Crippen molar-refractivity contribution in [2.45, 2.75) is 18.2 Å². The van der Waals surface area contributed by atoms with Crippen LogP contribution in [0.1, 0.15) is 34.9 Å². The summed E-state index contributed by atoms with van der Waals surface area (Å²) < 4.78 is 2.37. The Balaban J connectivity index is 1.23. The Hall–Kier alpha value is -5.78. The topological polar surface area (TPSA) is 69.0 Å². The van der Waals surface area contributed by atoms with Crippen LogP contribution in [0.2, 0.25) is 0 Å². The van der Waals surface area contributed by atoms with Gasteiger partial charge in [0.2, 0.25) is 0 Å². The molecule has 49 heavy (non-hydrogen) atoms. The van der Waals surface area contributed by atoms with E-state index >= 15 is 0 Å². The van der Waals surface area contributed by atoms with E-state index in [4.69, 9.17) is 11.5 Å². The Kier molecular flexibility index (Phi) is 8.34. The maximum absolute atomic E-state index is 7.13. The molecular formula is C45H38N4. The van der Waals surface area contributed by atoms with Gasteiger partial charge in [-0.2, -0.15) is 0 Å². The van der Waals surface area contributed by atoms with Gasteiger partial charge in [0.05, 0.1) is 23.2 Å². The van der Waals surface area contributed by atoms with Gasteiger partial charge in [0, 0.05) is 22.5 Å². The first-order valence-electron chi connectivity index (χ1n) is 16.8. The van der Waals surface area contributed by atoms with E-state index in [1.807, 2.05) is 24.3 Å². The van der Waals surface area contributed by atoms with Crippen LogP contribution in [0.5, 0.6) is 0 Å². The lowest BCUT2D eigenvalue weighted by atomic mass is 9.92. The molecule has 0 amide bonds. The predicted molar refractivity (Wildman–Crippen MR) is 204 cm³/mol. The monoisotopic (exact) mass is 634 g/mol. The van der Waals surface area contributed by atoms with Crippen LogP contribution in [0.15, 0.2) is 182 Å². The average molecular weight is 635 g/mol. The summed E-state index contributed by atoms with van der Waals surface area (Å²) in [7, 11) is 0. The van der Waals surface area contributed by atoms with Gasteiger partial charge in [0.25, 0.3) is 0 Å². The van der Waals surface area contributed by atoms with Crippen LogP contribution in [-0.2, 0) is 0 Å². The minimum atomic E-state index is -0.450. The molecule has 0 bridgehead atoms. The van der Waals surface area contributed by atoms with Crippen molar-refractivity contribution in [1.82, 2.24) is 9.88 Å². The van der Waals surface area contributed by atoms with E-state index in [2.05, 4.69) is 168 Å². The van der Waals surface area contributed by atoms with Gasteiger partial charge in [0.1, 0.15) is 0 Å². The largest absolute Gasteiger partial charge is 0.322 e. The Morgan fingerprint density at radius 3 is 1.69 bits per heavy atom. The molecule has 2 unspecified atom stereocenters. The minimum Gasteiger partial charge on any atom is -0.322 e. The zero-order valence-corrected chi connectivity index (χ0v) is 27.2. The van der Waals surface area contributed by atoms with E-state index in [1.165, 1.54) is 21.9 Å². The smallest absolute Gasteiger partial charge is 0.0815 e. The van der Waals surface area contributed by atoms with Crippen molar-refractivity contribution in [3.05, 3.63) is 199 Å². The number of nitrogens with two attached hydrogens (primary N) is 2. The van der Waals surface area contributed by atoms with Gasteiger partial charge in [-0.25, -0.2) is 0 Å². The molecule has 0 radical (unpaired) electrons. The van der Waals surface area contributed by atoms with Gasteiger partial charge in [-0.05, 0) is 69.3 Å². The number of fused-ring (bicyclic) bond motifs is 3. The SMILES string of the molecule is NC(NC(c1cccc(-n2c3ccccc3c3ccc(-c4ccccc4)cc32)c1)[C@@H](N)c1ccccc1)c1cccc(-c2ccccc2)c1. The van der Waals surface area contributed by atoms with Crippen molar-refractivity contribution < 1.29 is 0 Å². The van der Waals surface area contributed by atoms with Crippen molar-refractivity contribution in [1.29, 1.82) is 0 Å². The van der Waals surface area contributed by atoms with Crippen molar-refractivity contribution in [2.24, 2.45) is 11.5 Å². The van der Waals surface area contributed by atoms with E-state index < -0.39 is 6.17 Å². The molecule has 3 atom stereocenters. The van der Waals surface area contributed by atoms with Crippen LogP contribution in [-0.4, -0.2) is 4.57 Å². The van der Waals surface area contributed by atoms with Crippen molar-refractivity contribution >= 4 is 21.8 Å². The zero-order chi connectivity index (χ0) is 33.2. The van der Waals surface area contributed by atoms with Gasteiger partial charge in [0.15, 0.2) is 0 Å². The Morgan fingerprint density at radius 1 is 0.408 bits per heavy atom. The highest BCUT2D eigenvalue weighted by Crippen LogP contribution is 2.37. The molecule has 4 heteroatoms. The molecule has 4 nitrogen and oxygen atoms in total. The molecule has 0 saturated carbocycles. The first-order chi connectivity index (χ1) is 24.1. The second kappa shape index (κ2) is 13.4. The summed E-state index contributed by atoms with van der Waals surface area (Å²) in [6, 6.07) is 63.1. The molecular weight excluding hydrogens is 597 g/mol. The fraction of sp³-hybridized carbons (Fsp3) is 0.0667. The van der Waals surface area contributed by atoms with E-state index in [0.717, 1.165) is 44.5 Å². The first-order valence-corrected chi connectivity index (χ1v) is 16.8. The average Bonchev–Trinajstić information content (AvgIpc) is 3.51. The summed E-state index contributed by atoms with van der Waals surface area (Å²) in [5.74, 6) is 0. The lowest BCUT2D eigenvalue weighted by Gasteiger charge is -2.30. The van der Waals surface area contributed by atoms with Gasteiger partial charge < -0.3 is 16.0 Å². The standard InChI is InChI=1S/C45H38N4/c46-43(33-18-8-3-9-19-33)44(48-45(47)37-22-12-20-34(28-37)31-14-4-1-5-15-31)36-21-13-23-38(29-36)49-41-25-11-10-24-39(41)40-27-26-35(30-42(40)49)32-16-6-2-7-17-32/h1-30,43-45,48H,46-47H2/t43-,44?,45?/m0/s1. The van der Waals surface area contributed by atoms with Crippen LogP contribution in [0.25, 0.3) is 49.7 Å². The number of hydrogen-bond donors (Lipinski definition) is 3. The number of para-hydroxylation sites is 1. The maximum atomic E-state index is 7.13. The number of aromatic nitrogens is 1. The van der Waals surface area contributed by atoms with Crippen LogP contribution in [0.3, 0.4) is 0 Å². The second-order valence-corrected chi connectivity index (χ2v) is 12.6. The van der Waals surface area contributed by atoms with Gasteiger partial charge >= 0.3 is 0 Å². The quantitative estimate of drug-likeness (QED) is 0.138. The molecule has 7 aromatic carbocycles. The third kappa shape index (κ3) is 6.05. The number of benzene rings is 7. The fourth-order valence-corrected chi connectivity index (χ4v) is 7.02. The third-order valence-electron chi connectivity index (χ3n) is 9.52. The predicted octanol–water partition coefficient (Wildman–Crippen LogP) is 10.1. The van der Waals surface area contributed by atoms with E-state index in [-0.39, 0.29) is 12.1 Å². The number of nitrogens with zero attached hydrogens (tertiary/aromatic N) is 1. The first kappa shape index (κ1) is 30.5. The molecule has 1 aromatic heterocycles. The van der Waals surface area contributed by atoms with E-state index in [0.29, 0.717) is 0 Å². The molecule has 8 aromatic rings. The fourth-order valence-electron chi connectivity index (χ4n) is 7.02. The number of hydrogen-bond acceptors (Lipinski definition) is 3. The highest BCUT2D eigenvalue weighted by Gasteiger charge is 2.25. The summed E-state index contributed by atoms with van der Waals surface area (Å²) >= 11 is 0. The highest BCUT2D eigenvalue weighted by molar-refractivity contribution is 6.10. The molecule has 5 N–H and O–H groups in total. The molecule has 0 spiro atoms. The van der Waals surface area contributed by atoms with E-state index in [9.17, 15) is 0 Å². The van der Waals surface area contributed by atoms with E-state index in [1.54, 1.807) is 0 Å². The minimum absolute atomic E-state index is 0.272. The molecule has 1 heterocycles. The summed E-state index contributed by atoms with van der Waals surface area (Å²) in [4.78, 5) is 0. The Bertz CT molecular complexity index is 2350. The molecule has 0 aliphatic rings. The van der Waals surface area contributed by atoms with Crippen LogP contribution < -0.4 is 16.8 Å². The normalized spacial score (nSPS) is 13.3. The van der Waals surface area contributed by atoms with Crippen LogP contribution >= 0.6 is 0 Å². The number of rotatable bonds is 9. The summed E-state index contributed by atoms with van der Waals surface area (Å²) in [6.07, 6.45) is -0.450. The van der Waals surface area contributed by atoms with Crippen LogP contribution in [0, 0.1) is 0 Å². The lowest BCUT2D eigenvalue weighted by Crippen LogP contribution is -2.38. The second-order valence-electron chi connectivity index (χ2n) is 12.6. The van der Waals surface area contributed by atoms with Gasteiger partial charge in [-0.1, -0.05) is 152 Å². The maximum Gasteiger partial charge on any atom is 0.0815 e. The zero-order valence-electron chi connectivity index (χ0n) is 27.2. The molecule has 0 saturated heterocycles. The van der Waals surface area contributed by atoms with Crippen molar-refractivity contribution in [3.63, 3.8) is 0 Å². The van der Waals surface area contributed by atoms with Crippen molar-refractivity contribution in [2.75, 3.05) is 0 Å². The number of nitrogens with one attached hydrogen (secondary N) is 1. The van der Waals surface area contributed by atoms with Crippen LogP contribution in [0.4, 0.5) is 0 Å². The molecule has 0 aliphatic heterocycles. The molecule has 8 rings (SSSR count). The Morgan fingerprint density at radius 2 is 0.959 bits per heavy atom. The summed E-state index contributed by atoms with van der Waals surface area (Å²) in [5, 5.41) is 6.19. The molecule has 238 valence electrons. The van der Waals surface area contributed by atoms with Gasteiger partial charge in [-0.3, -0.25) is 5.32 Å². The lowest BCUT2D eigenvalue weighted by molar-refractivity contribution is 0.398. The van der Waals surface area contributed by atoms with Crippen molar-refractivity contribution in [3.8, 4) is 27.9 Å². The highest BCUT2D eigenvalue weighted by atomic mass is 15.1. The Labute approximate surface area is 287 Å².